The van der Waals surface area contributed by atoms with Crippen LogP contribution >= 0.6 is 0 Å². The number of benzene rings is 3. The zero-order valence-corrected chi connectivity index (χ0v) is 23.4. The van der Waals surface area contributed by atoms with Gasteiger partial charge in [-0.25, -0.2) is 12.8 Å². The third-order valence-electron chi connectivity index (χ3n) is 6.21. The lowest BCUT2D eigenvalue weighted by molar-refractivity contribution is -0.139. The van der Waals surface area contributed by atoms with Crippen LogP contribution in [0.3, 0.4) is 0 Å². The van der Waals surface area contributed by atoms with Gasteiger partial charge in [-0.15, -0.1) is 0 Å². The molecule has 3 rings (SSSR count). The molecule has 8 nitrogen and oxygen atoms in total. The zero-order chi connectivity index (χ0) is 28.6. The van der Waals surface area contributed by atoms with Gasteiger partial charge in [0, 0.05) is 13.1 Å². The summed E-state index contributed by atoms with van der Waals surface area (Å²) in [5, 5.41) is 2.80. The molecule has 0 saturated heterocycles. The number of carbonyl (C=O) groups is 2. The molecular formula is C29H34FN3O5S. The van der Waals surface area contributed by atoms with Crippen LogP contribution in [0.15, 0.2) is 77.7 Å². The first-order chi connectivity index (χ1) is 18.6. The first kappa shape index (κ1) is 29.6. The predicted molar refractivity (Wildman–Crippen MR) is 148 cm³/mol. The fraction of sp³-hybridized carbons (Fsp3) is 0.310. The van der Waals surface area contributed by atoms with E-state index in [9.17, 15) is 22.4 Å². The summed E-state index contributed by atoms with van der Waals surface area (Å²) in [5.74, 6) is -0.925. The molecule has 0 radical (unpaired) electrons. The molecule has 0 fully saturated rings. The van der Waals surface area contributed by atoms with E-state index in [1.807, 2.05) is 13.8 Å². The maximum absolute atomic E-state index is 13.9. The van der Waals surface area contributed by atoms with Gasteiger partial charge in [0.2, 0.25) is 11.8 Å². The van der Waals surface area contributed by atoms with Crippen LogP contribution in [-0.2, 0) is 26.2 Å². The predicted octanol–water partition coefficient (Wildman–Crippen LogP) is 4.28. The summed E-state index contributed by atoms with van der Waals surface area (Å²) >= 11 is 0. The van der Waals surface area contributed by atoms with Gasteiger partial charge in [-0.1, -0.05) is 36.8 Å². The molecule has 1 unspecified atom stereocenters. The van der Waals surface area contributed by atoms with Crippen LogP contribution in [-0.4, -0.2) is 51.4 Å². The number of anilines is 1. The molecule has 0 aliphatic heterocycles. The van der Waals surface area contributed by atoms with Gasteiger partial charge < -0.3 is 15.0 Å². The molecule has 2 amide bonds. The fourth-order valence-corrected chi connectivity index (χ4v) is 5.33. The van der Waals surface area contributed by atoms with E-state index in [-0.39, 0.29) is 23.0 Å². The summed E-state index contributed by atoms with van der Waals surface area (Å²) in [6, 6.07) is 17.3. The largest absolute Gasteiger partial charge is 0.497 e. The zero-order valence-electron chi connectivity index (χ0n) is 22.6. The first-order valence-corrected chi connectivity index (χ1v) is 14.1. The van der Waals surface area contributed by atoms with Crippen molar-refractivity contribution in [3.05, 3.63) is 89.7 Å². The number of rotatable bonds is 12. The van der Waals surface area contributed by atoms with Crippen molar-refractivity contribution in [3.63, 3.8) is 0 Å². The standard InChI is InChI=1S/C29H34FN3O5S/c1-5-17-31-29(35)22(3)32(19-23-7-6-8-26(18-23)38-4)28(34)20-33(25-13-9-21(2)10-14-25)39(36,37)27-15-11-24(30)12-16-27/h6-16,18,22H,5,17,19-20H2,1-4H3,(H,31,35). The Bertz CT molecular complexity index is 1380. The Balaban J connectivity index is 2.02. The second-order valence-corrected chi connectivity index (χ2v) is 11.0. The van der Waals surface area contributed by atoms with Gasteiger partial charge in [-0.2, -0.15) is 0 Å². The molecule has 10 heteroatoms. The van der Waals surface area contributed by atoms with Crippen LogP contribution in [0.25, 0.3) is 0 Å². The van der Waals surface area contributed by atoms with E-state index in [0.717, 1.165) is 40.6 Å². The van der Waals surface area contributed by atoms with E-state index in [0.29, 0.717) is 17.9 Å². The van der Waals surface area contributed by atoms with Crippen LogP contribution in [0.4, 0.5) is 10.1 Å². The molecule has 0 aromatic heterocycles. The molecule has 0 spiro atoms. The second-order valence-electron chi connectivity index (χ2n) is 9.14. The minimum atomic E-state index is -4.26. The topological polar surface area (TPSA) is 96.0 Å². The van der Waals surface area contributed by atoms with E-state index in [1.165, 1.54) is 12.0 Å². The molecule has 0 aliphatic rings. The third-order valence-corrected chi connectivity index (χ3v) is 7.99. The van der Waals surface area contributed by atoms with Gasteiger partial charge in [0.1, 0.15) is 24.2 Å². The minimum absolute atomic E-state index is 0.0507. The van der Waals surface area contributed by atoms with Crippen LogP contribution in [0.2, 0.25) is 0 Å². The molecule has 1 N–H and O–H groups in total. The third kappa shape index (κ3) is 7.57. The lowest BCUT2D eigenvalue weighted by atomic mass is 10.1. The van der Waals surface area contributed by atoms with Gasteiger partial charge in [0.15, 0.2) is 0 Å². The summed E-state index contributed by atoms with van der Waals surface area (Å²) in [6.07, 6.45) is 0.722. The Morgan fingerprint density at radius 3 is 2.31 bits per heavy atom. The van der Waals surface area contributed by atoms with Crippen molar-refractivity contribution in [1.29, 1.82) is 0 Å². The number of sulfonamides is 1. The first-order valence-electron chi connectivity index (χ1n) is 12.6. The average Bonchev–Trinajstić information content (AvgIpc) is 2.93. The number of carbonyl (C=O) groups excluding carboxylic acids is 2. The van der Waals surface area contributed by atoms with Gasteiger partial charge >= 0.3 is 0 Å². The molecule has 0 bridgehead atoms. The van der Waals surface area contributed by atoms with Crippen molar-refractivity contribution in [2.45, 2.75) is 44.7 Å². The number of ether oxygens (including phenoxy) is 1. The minimum Gasteiger partial charge on any atom is -0.497 e. The highest BCUT2D eigenvalue weighted by molar-refractivity contribution is 7.92. The molecule has 1 atom stereocenters. The summed E-state index contributed by atoms with van der Waals surface area (Å²) in [5.41, 5.74) is 1.88. The van der Waals surface area contributed by atoms with Crippen LogP contribution in [0, 0.1) is 12.7 Å². The van der Waals surface area contributed by atoms with Gasteiger partial charge in [-0.05, 0) is 74.4 Å². The molecule has 39 heavy (non-hydrogen) atoms. The molecule has 208 valence electrons. The number of nitrogens with one attached hydrogen (secondary N) is 1. The van der Waals surface area contributed by atoms with Crippen LogP contribution < -0.4 is 14.4 Å². The van der Waals surface area contributed by atoms with E-state index >= 15 is 0 Å². The van der Waals surface area contributed by atoms with Crippen molar-refractivity contribution < 1.29 is 27.1 Å². The fourth-order valence-electron chi connectivity index (χ4n) is 3.92. The number of halogens is 1. The molecule has 3 aromatic rings. The van der Waals surface area contributed by atoms with Gasteiger partial charge in [0.25, 0.3) is 10.0 Å². The van der Waals surface area contributed by atoms with Crippen molar-refractivity contribution >= 4 is 27.5 Å². The Morgan fingerprint density at radius 1 is 1.03 bits per heavy atom. The van der Waals surface area contributed by atoms with Gasteiger partial charge in [-0.3, -0.25) is 13.9 Å². The van der Waals surface area contributed by atoms with E-state index in [1.54, 1.807) is 55.5 Å². The highest BCUT2D eigenvalue weighted by atomic mass is 32.2. The van der Waals surface area contributed by atoms with Crippen molar-refractivity contribution in [2.24, 2.45) is 0 Å². The SMILES string of the molecule is CCCNC(=O)C(C)N(Cc1cccc(OC)c1)C(=O)CN(c1ccc(C)cc1)S(=O)(=O)c1ccc(F)cc1. The second kappa shape index (κ2) is 13.2. The monoisotopic (exact) mass is 555 g/mol. The Hall–Kier alpha value is -3.92. The summed E-state index contributed by atoms with van der Waals surface area (Å²) in [7, 11) is -2.73. The van der Waals surface area contributed by atoms with E-state index in [4.69, 9.17) is 4.74 Å². The smallest absolute Gasteiger partial charge is 0.264 e. The molecule has 3 aromatic carbocycles. The lowest BCUT2D eigenvalue weighted by Gasteiger charge is -2.32. The summed E-state index contributed by atoms with van der Waals surface area (Å²) in [4.78, 5) is 27.9. The summed E-state index contributed by atoms with van der Waals surface area (Å²) in [6.45, 7) is 5.31. The van der Waals surface area contributed by atoms with Crippen LogP contribution in [0.1, 0.15) is 31.4 Å². The van der Waals surface area contributed by atoms with Crippen molar-refractivity contribution in [1.82, 2.24) is 10.2 Å². The number of aryl methyl sites for hydroxylation is 1. The normalized spacial score (nSPS) is 11.9. The Labute approximate surface area is 229 Å². The highest BCUT2D eigenvalue weighted by Gasteiger charge is 2.32. The Morgan fingerprint density at radius 2 is 1.69 bits per heavy atom. The number of nitrogens with zero attached hydrogens (tertiary/aromatic N) is 2. The average molecular weight is 556 g/mol. The molecular weight excluding hydrogens is 521 g/mol. The molecule has 0 aliphatic carbocycles. The Kier molecular flexibility index (Phi) is 10.1. The number of hydrogen-bond acceptors (Lipinski definition) is 5. The lowest BCUT2D eigenvalue weighted by Crippen LogP contribution is -2.51. The molecule has 0 saturated carbocycles. The summed E-state index contributed by atoms with van der Waals surface area (Å²) < 4.78 is 47.3. The maximum Gasteiger partial charge on any atom is 0.264 e. The number of hydrogen-bond donors (Lipinski definition) is 1. The molecule has 0 heterocycles. The number of methoxy groups -OCH3 is 1. The maximum atomic E-state index is 13.9. The van der Waals surface area contributed by atoms with E-state index in [2.05, 4.69) is 5.32 Å². The van der Waals surface area contributed by atoms with Crippen molar-refractivity contribution in [3.8, 4) is 5.75 Å². The van der Waals surface area contributed by atoms with Crippen molar-refractivity contribution in [2.75, 3.05) is 24.5 Å². The number of amides is 2. The van der Waals surface area contributed by atoms with E-state index < -0.39 is 34.3 Å². The van der Waals surface area contributed by atoms with Gasteiger partial charge in [0.05, 0.1) is 17.7 Å². The quantitative estimate of drug-likeness (QED) is 0.360. The highest BCUT2D eigenvalue weighted by Crippen LogP contribution is 2.25. The van der Waals surface area contributed by atoms with Crippen LogP contribution in [0.5, 0.6) is 5.75 Å².